The predicted molar refractivity (Wildman–Crippen MR) is 97.1 cm³/mol. The van der Waals surface area contributed by atoms with Crippen molar-refractivity contribution < 1.29 is 19.0 Å². The fourth-order valence-corrected chi connectivity index (χ4v) is 2.82. The number of amides is 1. The lowest BCUT2D eigenvalue weighted by atomic mass is 10.3. The zero-order valence-corrected chi connectivity index (χ0v) is 15.2. The number of fused-ring (bicyclic) bond motifs is 1. The summed E-state index contributed by atoms with van der Waals surface area (Å²) in [5.74, 6) is 1.25. The average Bonchev–Trinajstić information content (AvgIpc) is 3.07. The Bertz CT molecular complexity index is 908. The summed E-state index contributed by atoms with van der Waals surface area (Å²) in [5, 5.41) is 3.32. The molecule has 0 atom stereocenters. The Hall–Kier alpha value is -3.01. The van der Waals surface area contributed by atoms with Crippen LogP contribution in [0.3, 0.4) is 0 Å². The van der Waals surface area contributed by atoms with Gasteiger partial charge in [-0.15, -0.1) is 0 Å². The van der Waals surface area contributed by atoms with E-state index in [4.69, 9.17) is 14.2 Å². The van der Waals surface area contributed by atoms with Gasteiger partial charge in [0.05, 0.1) is 38.1 Å². The van der Waals surface area contributed by atoms with Crippen LogP contribution in [-0.2, 0) is 4.79 Å². The lowest BCUT2D eigenvalue weighted by Crippen LogP contribution is -2.15. The highest BCUT2D eigenvalue weighted by atomic mass is 32.2. The molecule has 1 amide bonds. The molecule has 136 valence electrons. The Morgan fingerprint density at radius 3 is 2.69 bits per heavy atom. The van der Waals surface area contributed by atoms with E-state index in [1.165, 1.54) is 32.0 Å². The molecule has 3 rings (SSSR count). The Labute approximate surface area is 153 Å². The molecule has 9 nitrogen and oxygen atoms in total. The number of aromatic amines is 1. The molecule has 0 aliphatic heterocycles. The molecule has 0 spiro atoms. The summed E-state index contributed by atoms with van der Waals surface area (Å²) in [6.45, 7) is 0. The van der Waals surface area contributed by atoms with Gasteiger partial charge in [-0.05, 0) is 12.1 Å². The lowest BCUT2D eigenvalue weighted by molar-refractivity contribution is -0.113. The minimum Gasteiger partial charge on any atom is -0.497 e. The number of nitrogens with one attached hydrogen (secondary N) is 2. The van der Waals surface area contributed by atoms with Gasteiger partial charge in [0, 0.05) is 12.1 Å². The summed E-state index contributed by atoms with van der Waals surface area (Å²) in [6.07, 6.45) is 0. The smallest absolute Gasteiger partial charge is 0.321 e. The van der Waals surface area contributed by atoms with Crippen LogP contribution < -0.4 is 19.5 Å². The fraction of sp³-hybridized carbons (Fsp3) is 0.250. The van der Waals surface area contributed by atoms with Crippen molar-refractivity contribution in [3.8, 4) is 17.6 Å². The van der Waals surface area contributed by atoms with E-state index in [0.29, 0.717) is 16.9 Å². The van der Waals surface area contributed by atoms with E-state index >= 15 is 0 Å². The molecule has 10 heteroatoms. The quantitative estimate of drug-likeness (QED) is 0.604. The van der Waals surface area contributed by atoms with E-state index < -0.39 is 0 Å². The molecule has 1 aromatic carbocycles. The van der Waals surface area contributed by atoms with E-state index in [9.17, 15) is 4.79 Å². The number of methoxy groups -OCH3 is 3. The first-order valence-electron chi connectivity index (χ1n) is 7.54. The molecule has 0 saturated heterocycles. The highest BCUT2D eigenvalue weighted by molar-refractivity contribution is 7.99. The van der Waals surface area contributed by atoms with Crippen molar-refractivity contribution in [3.05, 3.63) is 24.3 Å². The van der Waals surface area contributed by atoms with Crippen LogP contribution in [0.25, 0.3) is 11.0 Å². The third-order valence-corrected chi connectivity index (χ3v) is 4.22. The summed E-state index contributed by atoms with van der Waals surface area (Å²) in [4.78, 5) is 27.8. The minimum absolute atomic E-state index is 0.110. The second-order valence-electron chi connectivity index (χ2n) is 5.04. The monoisotopic (exact) mass is 375 g/mol. The first-order chi connectivity index (χ1) is 12.6. The van der Waals surface area contributed by atoms with Crippen LogP contribution in [0.2, 0.25) is 0 Å². The number of aromatic nitrogens is 4. The molecular weight excluding hydrogens is 358 g/mol. The number of anilines is 1. The van der Waals surface area contributed by atoms with Crippen molar-refractivity contribution in [1.82, 2.24) is 19.9 Å². The zero-order chi connectivity index (χ0) is 18.5. The largest absolute Gasteiger partial charge is 0.497 e. The lowest BCUT2D eigenvalue weighted by Gasteiger charge is -2.07. The SMILES string of the molecule is COc1ccc2nc(SCC(=O)Nc3cc(OC)nc(OC)n3)[nH]c2c1. The van der Waals surface area contributed by atoms with E-state index in [1.807, 2.05) is 18.2 Å². The minimum atomic E-state index is -0.240. The van der Waals surface area contributed by atoms with Gasteiger partial charge in [-0.25, -0.2) is 4.98 Å². The van der Waals surface area contributed by atoms with Crippen LogP contribution in [0.15, 0.2) is 29.4 Å². The van der Waals surface area contributed by atoms with E-state index in [2.05, 4.69) is 25.3 Å². The zero-order valence-electron chi connectivity index (χ0n) is 14.4. The van der Waals surface area contributed by atoms with Gasteiger partial charge >= 0.3 is 6.01 Å². The first-order valence-corrected chi connectivity index (χ1v) is 8.53. The Kier molecular flexibility index (Phi) is 5.42. The van der Waals surface area contributed by atoms with Gasteiger partial charge < -0.3 is 24.5 Å². The molecule has 2 aromatic heterocycles. The molecule has 0 aliphatic carbocycles. The highest BCUT2D eigenvalue weighted by Crippen LogP contribution is 2.23. The second-order valence-corrected chi connectivity index (χ2v) is 6.01. The highest BCUT2D eigenvalue weighted by Gasteiger charge is 2.11. The number of carbonyl (C=O) groups excluding carboxylic acids is 1. The van der Waals surface area contributed by atoms with Gasteiger partial charge in [-0.3, -0.25) is 4.79 Å². The van der Waals surface area contributed by atoms with Crippen LogP contribution >= 0.6 is 11.8 Å². The maximum Gasteiger partial charge on any atom is 0.321 e. The molecular formula is C16H17N5O4S. The average molecular weight is 375 g/mol. The standard InChI is InChI=1S/C16H17N5O4S/c1-23-9-4-5-10-11(6-9)18-16(17-10)26-8-13(22)19-12-7-14(24-2)21-15(20-12)25-3/h4-7H,8H2,1-3H3,(H,17,18)(H,19,20,21,22). The van der Waals surface area contributed by atoms with E-state index in [0.717, 1.165) is 16.8 Å². The van der Waals surface area contributed by atoms with Crippen molar-refractivity contribution in [2.75, 3.05) is 32.4 Å². The summed E-state index contributed by atoms with van der Waals surface area (Å²) >= 11 is 1.28. The molecule has 0 aliphatic rings. The number of rotatable bonds is 7. The Morgan fingerprint density at radius 1 is 1.12 bits per heavy atom. The van der Waals surface area contributed by atoms with E-state index in [1.54, 1.807) is 7.11 Å². The van der Waals surface area contributed by atoms with Crippen molar-refractivity contribution >= 4 is 34.5 Å². The van der Waals surface area contributed by atoms with Gasteiger partial charge in [0.2, 0.25) is 11.8 Å². The normalized spacial score (nSPS) is 10.6. The van der Waals surface area contributed by atoms with Crippen LogP contribution in [0, 0.1) is 0 Å². The molecule has 2 N–H and O–H groups in total. The number of benzene rings is 1. The number of nitrogens with zero attached hydrogens (tertiary/aromatic N) is 3. The molecule has 0 saturated carbocycles. The van der Waals surface area contributed by atoms with Crippen LogP contribution in [0.4, 0.5) is 5.82 Å². The van der Waals surface area contributed by atoms with Gasteiger partial charge in [-0.2, -0.15) is 9.97 Å². The summed E-state index contributed by atoms with van der Waals surface area (Å²) in [7, 11) is 4.52. The van der Waals surface area contributed by atoms with Crippen molar-refractivity contribution in [2.45, 2.75) is 5.16 Å². The Balaban J connectivity index is 1.64. The number of hydrogen-bond acceptors (Lipinski definition) is 8. The number of imidazole rings is 1. The van der Waals surface area contributed by atoms with Crippen molar-refractivity contribution in [1.29, 1.82) is 0 Å². The predicted octanol–water partition coefficient (Wildman–Crippen LogP) is 2.11. The number of thioether (sulfide) groups is 1. The third kappa shape index (κ3) is 4.14. The van der Waals surface area contributed by atoms with Gasteiger partial charge in [0.15, 0.2) is 5.16 Å². The summed E-state index contributed by atoms with van der Waals surface area (Å²) in [6, 6.07) is 7.16. The molecule has 3 aromatic rings. The van der Waals surface area contributed by atoms with Gasteiger partial charge in [-0.1, -0.05) is 11.8 Å². The maximum absolute atomic E-state index is 12.2. The van der Waals surface area contributed by atoms with Crippen LogP contribution in [0.1, 0.15) is 0 Å². The summed E-state index contributed by atoms with van der Waals surface area (Å²) < 4.78 is 15.2. The van der Waals surface area contributed by atoms with Crippen molar-refractivity contribution in [2.24, 2.45) is 0 Å². The number of hydrogen-bond donors (Lipinski definition) is 2. The number of H-pyrrole nitrogens is 1. The molecule has 0 fully saturated rings. The van der Waals surface area contributed by atoms with Crippen LogP contribution in [0.5, 0.6) is 17.6 Å². The topological polar surface area (TPSA) is 111 Å². The fourth-order valence-electron chi connectivity index (χ4n) is 2.14. The molecule has 2 heterocycles. The third-order valence-electron chi connectivity index (χ3n) is 3.35. The van der Waals surface area contributed by atoms with Crippen molar-refractivity contribution in [3.63, 3.8) is 0 Å². The van der Waals surface area contributed by atoms with Gasteiger partial charge in [0.25, 0.3) is 0 Å². The maximum atomic E-state index is 12.2. The van der Waals surface area contributed by atoms with Crippen LogP contribution in [-0.4, -0.2) is 52.9 Å². The molecule has 0 bridgehead atoms. The number of ether oxygens (including phenoxy) is 3. The molecule has 26 heavy (non-hydrogen) atoms. The number of carbonyl (C=O) groups is 1. The summed E-state index contributed by atoms with van der Waals surface area (Å²) in [5.41, 5.74) is 1.65. The first kappa shape index (κ1) is 17.8. The Morgan fingerprint density at radius 2 is 1.96 bits per heavy atom. The molecule has 0 unspecified atom stereocenters. The van der Waals surface area contributed by atoms with Gasteiger partial charge in [0.1, 0.15) is 11.6 Å². The second kappa shape index (κ2) is 7.91. The molecule has 0 radical (unpaired) electrons. The van der Waals surface area contributed by atoms with E-state index in [-0.39, 0.29) is 17.7 Å².